The van der Waals surface area contributed by atoms with E-state index in [1.54, 1.807) is 12.1 Å². The molecule has 3 unspecified atom stereocenters. The van der Waals surface area contributed by atoms with Crippen molar-refractivity contribution in [1.82, 2.24) is 5.32 Å². The number of anilines is 1. The lowest BCUT2D eigenvalue weighted by Crippen LogP contribution is -2.48. The van der Waals surface area contributed by atoms with E-state index in [2.05, 4.69) is 37.9 Å². The molecule has 1 fully saturated rings. The fourth-order valence-corrected chi connectivity index (χ4v) is 2.84. The summed E-state index contributed by atoms with van der Waals surface area (Å²) < 4.78 is 19.4. The third-order valence-corrected chi connectivity index (χ3v) is 4.07. The van der Waals surface area contributed by atoms with E-state index in [0.717, 1.165) is 37.4 Å². The fourth-order valence-electron chi connectivity index (χ4n) is 2.84. The second kappa shape index (κ2) is 7.23. The Labute approximate surface area is 127 Å². The van der Waals surface area contributed by atoms with Gasteiger partial charge < -0.3 is 15.0 Å². The number of morpholine rings is 1. The molecule has 0 bridgehead atoms. The van der Waals surface area contributed by atoms with E-state index in [0.29, 0.717) is 6.04 Å². The molecule has 4 heteroatoms. The summed E-state index contributed by atoms with van der Waals surface area (Å²) in [5.41, 5.74) is 2.15. The normalized spacial score (nSPS) is 24.1. The summed E-state index contributed by atoms with van der Waals surface area (Å²) in [6, 6.07) is 5.57. The van der Waals surface area contributed by atoms with Gasteiger partial charge in [0.1, 0.15) is 5.82 Å². The summed E-state index contributed by atoms with van der Waals surface area (Å²) in [4.78, 5) is 2.34. The molecule has 0 spiro atoms. The van der Waals surface area contributed by atoms with Crippen LogP contribution in [0, 0.1) is 5.82 Å². The number of ether oxygens (including phenoxy) is 1. The minimum Gasteiger partial charge on any atom is -0.375 e. The largest absolute Gasteiger partial charge is 0.375 e. The molecule has 1 saturated heterocycles. The van der Waals surface area contributed by atoms with Gasteiger partial charge in [-0.25, -0.2) is 4.39 Å². The van der Waals surface area contributed by atoms with Crippen LogP contribution < -0.4 is 10.2 Å². The van der Waals surface area contributed by atoms with Crippen molar-refractivity contribution >= 4 is 5.69 Å². The van der Waals surface area contributed by atoms with Gasteiger partial charge in [0.2, 0.25) is 0 Å². The van der Waals surface area contributed by atoms with E-state index >= 15 is 0 Å². The number of hydrogen-bond donors (Lipinski definition) is 1. The summed E-state index contributed by atoms with van der Waals surface area (Å²) in [6.07, 6.45) is 1.28. The Bertz CT molecular complexity index is 466. The van der Waals surface area contributed by atoms with Gasteiger partial charge in [0.05, 0.1) is 12.7 Å². The molecule has 2 rings (SSSR count). The van der Waals surface area contributed by atoms with Crippen LogP contribution in [-0.4, -0.2) is 31.8 Å². The molecule has 3 nitrogen and oxygen atoms in total. The number of nitrogens with zero attached hydrogens (tertiary/aromatic N) is 1. The number of rotatable bonds is 5. The van der Waals surface area contributed by atoms with Crippen LogP contribution in [0.4, 0.5) is 10.1 Å². The molecule has 21 heavy (non-hydrogen) atoms. The first-order valence-corrected chi connectivity index (χ1v) is 7.94. The van der Waals surface area contributed by atoms with Crippen LogP contribution in [0.15, 0.2) is 18.2 Å². The van der Waals surface area contributed by atoms with Gasteiger partial charge in [-0.05, 0) is 57.5 Å². The first-order valence-electron chi connectivity index (χ1n) is 7.94. The van der Waals surface area contributed by atoms with E-state index in [1.807, 2.05) is 6.07 Å². The highest BCUT2D eigenvalue weighted by Crippen LogP contribution is 2.30. The molecule has 1 N–H and O–H groups in total. The summed E-state index contributed by atoms with van der Waals surface area (Å²) in [5.74, 6) is -0.173. The average molecular weight is 294 g/mol. The van der Waals surface area contributed by atoms with Gasteiger partial charge in [-0.2, -0.15) is 0 Å². The molecule has 118 valence electrons. The van der Waals surface area contributed by atoms with Gasteiger partial charge in [0.15, 0.2) is 0 Å². The van der Waals surface area contributed by atoms with Crippen LogP contribution in [0.1, 0.15) is 45.7 Å². The fraction of sp³-hybridized carbons (Fsp3) is 0.647. The van der Waals surface area contributed by atoms with Crippen molar-refractivity contribution in [2.24, 2.45) is 0 Å². The zero-order valence-electron chi connectivity index (χ0n) is 13.5. The van der Waals surface area contributed by atoms with Crippen molar-refractivity contribution in [3.63, 3.8) is 0 Å². The van der Waals surface area contributed by atoms with Gasteiger partial charge in [-0.15, -0.1) is 0 Å². The Hall–Kier alpha value is -1.13. The summed E-state index contributed by atoms with van der Waals surface area (Å²) in [7, 11) is 0. The SMILES string of the molecule is CCCNC(C)c1cc(F)ccc1N1CC(C)OCC1C. The Morgan fingerprint density at radius 2 is 2.19 bits per heavy atom. The number of hydrogen-bond acceptors (Lipinski definition) is 3. The molecule has 1 heterocycles. The molecule has 0 saturated carbocycles. The molecular weight excluding hydrogens is 267 g/mol. The van der Waals surface area contributed by atoms with Crippen molar-refractivity contribution in [1.29, 1.82) is 0 Å². The van der Waals surface area contributed by atoms with E-state index in [9.17, 15) is 4.39 Å². The van der Waals surface area contributed by atoms with Crippen molar-refractivity contribution in [2.75, 3.05) is 24.6 Å². The molecular formula is C17H27FN2O. The van der Waals surface area contributed by atoms with E-state index in [-0.39, 0.29) is 18.0 Å². The number of nitrogens with one attached hydrogen (secondary N) is 1. The zero-order valence-corrected chi connectivity index (χ0v) is 13.5. The Balaban J connectivity index is 2.29. The monoisotopic (exact) mass is 294 g/mol. The highest BCUT2D eigenvalue weighted by molar-refractivity contribution is 5.56. The predicted octanol–water partition coefficient (Wildman–Crippen LogP) is 3.50. The Morgan fingerprint density at radius 3 is 2.90 bits per heavy atom. The highest BCUT2D eigenvalue weighted by atomic mass is 19.1. The lowest BCUT2D eigenvalue weighted by atomic mass is 10.0. The highest BCUT2D eigenvalue weighted by Gasteiger charge is 2.26. The van der Waals surface area contributed by atoms with Crippen molar-refractivity contribution in [2.45, 2.75) is 52.3 Å². The van der Waals surface area contributed by atoms with Crippen molar-refractivity contribution < 1.29 is 9.13 Å². The van der Waals surface area contributed by atoms with Gasteiger partial charge in [-0.3, -0.25) is 0 Å². The van der Waals surface area contributed by atoms with Gasteiger partial charge in [0.25, 0.3) is 0 Å². The summed E-state index contributed by atoms with van der Waals surface area (Å²) >= 11 is 0. The van der Waals surface area contributed by atoms with Crippen LogP contribution in [0.5, 0.6) is 0 Å². The first kappa shape index (κ1) is 16.2. The van der Waals surface area contributed by atoms with Crippen LogP contribution >= 0.6 is 0 Å². The topological polar surface area (TPSA) is 24.5 Å². The van der Waals surface area contributed by atoms with Crippen LogP contribution in [0.25, 0.3) is 0 Å². The minimum atomic E-state index is -0.173. The number of benzene rings is 1. The predicted molar refractivity (Wildman–Crippen MR) is 85.3 cm³/mol. The summed E-state index contributed by atoms with van der Waals surface area (Å²) in [6.45, 7) is 11.0. The smallest absolute Gasteiger partial charge is 0.123 e. The van der Waals surface area contributed by atoms with Crippen molar-refractivity contribution in [3.8, 4) is 0 Å². The first-order chi connectivity index (χ1) is 10.0. The maximum absolute atomic E-state index is 13.7. The lowest BCUT2D eigenvalue weighted by Gasteiger charge is -2.40. The van der Waals surface area contributed by atoms with Crippen LogP contribution in [-0.2, 0) is 4.74 Å². The Kier molecular flexibility index (Phi) is 5.59. The molecule has 0 aliphatic carbocycles. The molecule has 0 radical (unpaired) electrons. The van der Waals surface area contributed by atoms with Crippen LogP contribution in [0.2, 0.25) is 0 Å². The van der Waals surface area contributed by atoms with Gasteiger partial charge in [-0.1, -0.05) is 6.92 Å². The van der Waals surface area contributed by atoms with E-state index < -0.39 is 0 Å². The van der Waals surface area contributed by atoms with Gasteiger partial charge in [0, 0.05) is 24.3 Å². The zero-order chi connectivity index (χ0) is 15.4. The Morgan fingerprint density at radius 1 is 1.43 bits per heavy atom. The molecule has 0 amide bonds. The van der Waals surface area contributed by atoms with E-state index in [4.69, 9.17) is 4.74 Å². The minimum absolute atomic E-state index is 0.140. The maximum Gasteiger partial charge on any atom is 0.123 e. The molecule has 1 aliphatic heterocycles. The van der Waals surface area contributed by atoms with Crippen LogP contribution in [0.3, 0.4) is 0 Å². The van der Waals surface area contributed by atoms with Gasteiger partial charge >= 0.3 is 0 Å². The second-order valence-electron chi connectivity index (χ2n) is 6.02. The third-order valence-electron chi connectivity index (χ3n) is 4.07. The third kappa shape index (κ3) is 3.95. The lowest BCUT2D eigenvalue weighted by molar-refractivity contribution is 0.0343. The van der Waals surface area contributed by atoms with Crippen molar-refractivity contribution in [3.05, 3.63) is 29.6 Å². The average Bonchev–Trinajstić information content (AvgIpc) is 2.47. The molecule has 1 aliphatic rings. The molecule has 3 atom stereocenters. The van der Waals surface area contributed by atoms with E-state index in [1.165, 1.54) is 0 Å². The summed E-state index contributed by atoms with van der Waals surface area (Å²) in [5, 5.41) is 3.46. The molecule has 0 aromatic heterocycles. The quantitative estimate of drug-likeness (QED) is 0.899. The standard InChI is InChI=1S/C17H27FN2O/c1-5-8-19-14(4)16-9-15(18)6-7-17(16)20-10-13(3)21-11-12(20)2/h6-7,9,12-14,19H,5,8,10-11H2,1-4H3. The molecule has 1 aromatic carbocycles. The molecule has 1 aromatic rings. The number of halogens is 1. The second-order valence-corrected chi connectivity index (χ2v) is 6.02. The maximum atomic E-state index is 13.7.